The number of likely N-dealkylation sites (tertiary alicyclic amines) is 1. The van der Waals surface area contributed by atoms with Crippen LogP contribution in [0.2, 0.25) is 0 Å². The van der Waals surface area contributed by atoms with Crippen LogP contribution in [0, 0.1) is 17.5 Å². The van der Waals surface area contributed by atoms with Gasteiger partial charge in [0, 0.05) is 20.2 Å². The standard InChI is InChI=1S/C16H17F3N4O3/c1-25-8-9-6-23(21-20-9)10-3-4-22(7-10)16(24)11-5-12(17)14(19)15(26-2)13(11)18/h5-6,10H,3-4,7-8H2,1-2H3/t10-/m1/s1. The Kier molecular flexibility index (Phi) is 5.12. The molecular formula is C16H17F3N4O3. The third kappa shape index (κ3) is 3.24. The lowest BCUT2D eigenvalue weighted by atomic mass is 10.1. The van der Waals surface area contributed by atoms with Crippen LogP contribution in [-0.4, -0.2) is 53.1 Å². The van der Waals surface area contributed by atoms with Crippen molar-refractivity contribution in [3.63, 3.8) is 0 Å². The van der Waals surface area contributed by atoms with Gasteiger partial charge in [-0.05, 0) is 12.5 Å². The van der Waals surface area contributed by atoms with Gasteiger partial charge in [0.1, 0.15) is 5.69 Å². The molecule has 2 aromatic rings. The molecule has 1 aromatic carbocycles. The van der Waals surface area contributed by atoms with Crippen molar-refractivity contribution in [2.45, 2.75) is 19.1 Å². The average molecular weight is 370 g/mol. The second kappa shape index (κ2) is 7.32. The molecule has 1 aliphatic rings. The molecule has 0 bridgehead atoms. The van der Waals surface area contributed by atoms with Gasteiger partial charge in [-0.1, -0.05) is 5.21 Å². The SMILES string of the molecule is COCc1cn([C@@H]2CCN(C(=O)c3cc(F)c(F)c(OC)c3F)C2)nn1. The van der Waals surface area contributed by atoms with Gasteiger partial charge < -0.3 is 14.4 Å². The number of methoxy groups -OCH3 is 2. The lowest BCUT2D eigenvalue weighted by molar-refractivity contribution is 0.0780. The Morgan fingerprint density at radius 1 is 1.31 bits per heavy atom. The molecule has 0 saturated carbocycles. The van der Waals surface area contributed by atoms with E-state index in [0.29, 0.717) is 31.3 Å². The van der Waals surface area contributed by atoms with Crippen molar-refractivity contribution in [1.82, 2.24) is 19.9 Å². The minimum absolute atomic E-state index is 0.146. The number of carbonyl (C=O) groups is 1. The van der Waals surface area contributed by atoms with E-state index in [2.05, 4.69) is 15.0 Å². The average Bonchev–Trinajstić information content (AvgIpc) is 3.27. The van der Waals surface area contributed by atoms with Gasteiger partial charge in [0.05, 0.1) is 31.5 Å². The fourth-order valence-corrected chi connectivity index (χ4v) is 2.93. The van der Waals surface area contributed by atoms with Crippen molar-refractivity contribution in [3.05, 3.63) is 41.0 Å². The summed E-state index contributed by atoms with van der Waals surface area (Å²) in [6.45, 7) is 0.883. The molecule has 3 rings (SSSR count). The molecule has 1 fully saturated rings. The lowest BCUT2D eigenvalue weighted by Gasteiger charge is -2.18. The number of ether oxygens (including phenoxy) is 2. The van der Waals surface area contributed by atoms with Crippen LogP contribution in [0.25, 0.3) is 0 Å². The van der Waals surface area contributed by atoms with Crippen LogP contribution in [0.4, 0.5) is 13.2 Å². The van der Waals surface area contributed by atoms with Crippen molar-refractivity contribution >= 4 is 5.91 Å². The van der Waals surface area contributed by atoms with Gasteiger partial charge in [-0.2, -0.15) is 4.39 Å². The van der Waals surface area contributed by atoms with Crippen LogP contribution < -0.4 is 4.74 Å². The van der Waals surface area contributed by atoms with Gasteiger partial charge in [0.15, 0.2) is 17.4 Å². The van der Waals surface area contributed by atoms with Gasteiger partial charge in [-0.3, -0.25) is 4.79 Å². The number of rotatable bonds is 5. The Labute approximate surface area is 147 Å². The molecular weight excluding hydrogens is 353 g/mol. The normalized spacial score (nSPS) is 17.0. The molecule has 1 amide bonds. The Balaban J connectivity index is 1.78. The fraction of sp³-hybridized carbons (Fsp3) is 0.438. The number of hydrogen-bond donors (Lipinski definition) is 0. The molecule has 140 valence electrons. The summed E-state index contributed by atoms with van der Waals surface area (Å²) < 4.78 is 52.6. The smallest absolute Gasteiger partial charge is 0.257 e. The number of nitrogens with zero attached hydrogens (tertiary/aromatic N) is 4. The van der Waals surface area contributed by atoms with Crippen LogP contribution in [0.3, 0.4) is 0 Å². The highest BCUT2D eigenvalue weighted by atomic mass is 19.2. The second-order valence-electron chi connectivity index (χ2n) is 5.88. The Morgan fingerprint density at radius 3 is 2.77 bits per heavy atom. The molecule has 0 N–H and O–H groups in total. The Hall–Kier alpha value is -2.62. The summed E-state index contributed by atoms with van der Waals surface area (Å²) in [6, 6.07) is 0.405. The highest BCUT2D eigenvalue weighted by Crippen LogP contribution is 2.29. The molecule has 1 aromatic heterocycles. The van der Waals surface area contributed by atoms with Gasteiger partial charge in [0.2, 0.25) is 5.82 Å². The van der Waals surface area contributed by atoms with Crippen LogP contribution in [-0.2, 0) is 11.3 Å². The summed E-state index contributed by atoms with van der Waals surface area (Å²) in [5.41, 5.74) is 0.0775. The number of benzene rings is 1. The van der Waals surface area contributed by atoms with Crippen LogP contribution in [0.5, 0.6) is 5.75 Å². The summed E-state index contributed by atoms with van der Waals surface area (Å²) in [4.78, 5) is 13.9. The predicted molar refractivity (Wildman–Crippen MR) is 83.2 cm³/mol. The summed E-state index contributed by atoms with van der Waals surface area (Å²) in [5, 5.41) is 7.95. The van der Waals surface area contributed by atoms with Gasteiger partial charge in [-0.15, -0.1) is 5.10 Å². The van der Waals surface area contributed by atoms with E-state index in [1.807, 2.05) is 0 Å². The molecule has 1 atom stereocenters. The molecule has 0 unspecified atom stereocenters. The fourth-order valence-electron chi connectivity index (χ4n) is 2.93. The van der Waals surface area contributed by atoms with Crippen molar-refractivity contribution in [2.24, 2.45) is 0 Å². The summed E-state index contributed by atoms with van der Waals surface area (Å²) in [5.74, 6) is -5.68. The van der Waals surface area contributed by atoms with Gasteiger partial charge >= 0.3 is 0 Å². The number of amides is 1. The third-order valence-electron chi connectivity index (χ3n) is 4.23. The van der Waals surface area contributed by atoms with E-state index < -0.39 is 34.7 Å². The zero-order valence-corrected chi connectivity index (χ0v) is 14.2. The number of carbonyl (C=O) groups excluding carboxylic acids is 1. The molecule has 1 saturated heterocycles. The molecule has 7 nitrogen and oxygen atoms in total. The van der Waals surface area contributed by atoms with Crippen LogP contribution in [0.15, 0.2) is 12.3 Å². The summed E-state index contributed by atoms with van der Waals surface area (Å²) >= 11 is 0. The van der Waals surface area contributed by atoms with E-state index in [4.69, 9.17) is 4.74 Å². The zero-order chi connectivity index (χ0) is 18.8. The molecule has 2 heterocycles. The number of aromatic nitrogens is 3. The van der Waals surface area contributed by atoms with Gasteiger partial charge in [-0.25, -0.2) is 13.5 Å². The van der Waals surface area contributed by atoms with E-state index in [1.54, 1.807) is 18.0 Å². The van der Waals surface area contributed by atoms with E-state index in [9.17, 15) is 18.0 Å². The van der Waals surface area contributed by atoms with E-state index in [-0.39, 0.29) is 12.6 Å². The molecule has 26 heavy (non-hydrogen) atoms. The van der Waals surface area contributed by atoms with Crippen LogP contribution in [0.1, 0.15) is 28.5 Å². The predicted octanol–water partition coefficient (Wildman–Crippen LogP) is 1.94. The monoisotopic (exact) mass is 370 g/mol. The van der Waals surface area contributed by atoms with E-state index in [1.165, 1.54) is 4.90 Å². The highest BCUT2D eigenvalue weighted by Gasteiger charge is 2.32. The minimum Gasteiger partial charge on any atom is -0.491 e. The maximum Gasteiger partial charge on any atom is 0.257 e. The third-order valence-corrected chi connectivity index (χ3v) is 4.23. The Morgan fingerprint density at radius 2 is 2.08 bits per heavy atom. The number of hydrogen-bond acceptors (Lipinski definition) is 5. The molecule has 0 aliphatic carbocycles. The van der Waals surface area contributed by atoms with Crippen molar-refractivity contribution in [1.29, 1.82) is 0 Å². The maximum absolute atomic E-state index is 14.3. The van der Waals surface area contributed by atoms with Gasteiger partial charge in [0.25, 0.3) is 5.91 Å². The summed E-state index contributed by atoms with van der Waals surface area (Å²) in [7, 11) is 2.54. The maximum atomic E-state index is 14.3. The van der Waals surface area contributed by atoms with E-state index >= 15 is 0 Å². The highest BCUT2D eigenvalue weighted by molar-refractivity contribution is 5.95. The van der Waals surface area contributed by atoms with Crippen molar-refractivity contribution < 1.29 is 27.4 Å². The second-order valence-corrected chi connectivity index (χ2v) is 5.88. The quantitative estimate of drug-likeness (QED) is 0.753. The van der Waals surface area contributed by atoms with Crippen molar-refractivity contribution in [3.8, 4) is 5.75 Å². The first-order chi connectivity index (χ1) is 12.5. The zero-order valence-electron chi connectivity index (χ0n) is 14.2. The lowest BCUT2D eigenvalue weighted by Crippen LogP contribution is -2.30. The first-order valence-electron chi connectivity index (χ1n) is 7.86. The molecule has 0 radical (unpaired) electrons. The topological polar surface area (TPSA) is 69.5 Å². The van der Waals surface area contributed by atoms with E-state index in [0.717, 1.165) is 7.11 Å². The first-order valence-corrected chi connectivity index (χ1v) is 7.86. The largest absolute Gasteiger partial charge is 0.491 e. The summed E-state index contributed by atoms with van der Waals surface area (Å²) in [6.07, 6.45) is 2.28. The molecule has 10 heteroatoms. The minimum atomic E-state index is -1.46. The Bertz CT molecular complexity index is 827. The van der Waals surface area contributed by atoms with Crippen molar-refractivity contribution in [2.75, 3.05) is 27.3 Å². The first kappa shape index (κ1) is 18.2. The molecule has 1 aliphatic heterocycles. The number of halogens is 3. The van der Waals surface area contributed by atoms with Crippen LogP contribution >= 0.6 is 0 Å². The molecule has 0 spiro atoms.